The molecule has 1 aromatic rings. The zero-order chi connectivity index (χ0) is 15.1. The van der Waals surface area contributed by atoms with E-state index in [0.717, 1.165) is 18.9 Å². The highest BCUT2D eigenvalue weighted by atomic mass is 35.7. The average Bonchev–Trinajstić information content (AvgIpc) is 3.13. The van der Waals surface area contributed by atoms with Crippen molar-refractivity contribution in [2.75, 3.05) is 6.54 Å². The summed E-state index contributed by atoms with van der Waals surface area (Å²) in [6.45, 7) is 0.433. The van der Waals surface area contributed by atoms with E-state index in [-0.39, 0.29) is 5.56 Å². The zero-order valence-electron chi connectivity index (χ0n) is 9.92. The molecule has 4 nitrogen and oxygen atoms in total. The molecule has 0 atom stereocenters. The fourth-order valence-corrected chi connectivity index (χ4v) is 3.99. The fourth-order valence-electron chi connectivity index (χ4n) is 1.61. The monoisotopic (exact) mass is 359 g/mol. The maximum atomic E-state index is 13.6. The predicted octanol–water partition coefficient (Wildman–Crippen LogP) is 3.20. The van der Waals surface area contributed by atoms with E-state index in [2.05, 4.69) is 5.32 Å². The third-order valence-electron chi connectivity index (χ3n) is 2.85. The van der Waals surface area contributed by atoms with E-state index in [1.807, 2.05) is 0 Å². The molecule has 110 valence electrons. The van der Waals surface area contributed by atoms with Gasteiger partial charge in [0.05, 0.1) is 15.6 Å². The first-order valence-corrected chi connectivity index (χ1v) is 8.68. The molecule has 1 aliphatic rings. The van der Waals surface area contributed by atoms with Gasteiger partial charge >= 0.3 is 0 Å². The lowest BCUT2D eigenvalue weighted by molar-refractivity contribution is 0.0951. The number of carbonyl (C=O) groups is 1. The van der Waals surface area contributed by atoms with Crippen molar-refractivity contribution in [1.82, 2.24) is 5.32 Å². The van der Waals surface area contributed by atoms with Crippen LogP contribution in [0.25, 0.3) is 0 Å². The number of nitrogens with one attached hydrogen (secondary N) is 1. The maximum absolute atomic E-state index is 13.6. The van der Waals surface area contributed by atoms with Crippen LogP contribution in [0.15, 0.2) is 11.0 Å². The summed E-state index contributed by atoms with van der Waals surface area (Å²) in [6, 6.07) is 0.790. The van der Waals surface area contributed by atoms with Gasteiger partial charge in [-0.05, 0) is 24.8 Å². The summed E-state index contributed by atoms with van der Waals surface area (Å²) in [5.74, 6) is -1.34. The van der Waals surface area contributed by atoms with Gasteiger partial charge < -0.3 is 5.32 Å². The van der Waals surface area contributed by atoms with Crippen molar-refractivity contribution < 1.29 is 17.6 Å². The first kappa shape index (κ1) is 15.8. The van der Waals surface area contributed by atoms with Gasteiger partial charge in [0.15, 0.2) is 0 Å². The summed E-state index contributed by atoms with van der Waals surface area (Å²) >= 11 is 11.4. The van der Waals surface area contributed by atoms with Crippen molar-refractivity contribution >= 4 is 48.8 Å². The minimum absolute atomic E-state index is 0.312. The summed E-state index contributed by atoms with van der Waals surface area (Å²) in [5.41, 5.74) is -0.312. The van der Waals surface area contributed by atoms with Gasteiger partial charge in [0.25, 0.3) is 15.0 Å². The number of amides is 1. The Morgan fingerprint density at radius 3 is 2.45 bits per heavy atom. The lowest BCUT2D eigenvalue weighted by atomic mass is 10.2. The third kappa shape index (κ3) is 3.36. The van der Waals surface area contributed by atoms with Crippen LogP contribution in [0.2, 0.25) is 10.0 Å². The largest absolute Gasteiger partial charge is 0.352 e. The third-order valence-corrected chi connectivity index (χ3v) is 5.20. The van der Waals surface area contributed by atoms with Gasteiger partial charge in [-0.3, -0.25) is 4.79 Å². The van der Waals surface area contributed by atoms with Crippen LogP contribution < -0.4 is 5.32 Å². The lowest BCUT2D eigenvalue weighted by Gasteiger charge is -2.10. The first-order chi connectivity index (χ1) is 9.21. The Balaban J connectivity index is 2.43. The molecule has 0 radical (unpaired) electrons. The molecular weight excluding hydrogens is 352 g/mol. The summed E-state index contributed by atoms with van der Waals surface area (Å²) < 4.78 is 36.4. The number of hydrogen-bond acceptors (Lipinski definition) is 3. The number of hydrogen-bond donors (Lipinski definition) is 1. The molecule has 2 rings (SSSR count). The van der Waals surface area contributed by atoms with Crippen LogP contribution in [0.5, 0.6) is 0 Å². The molecule has 20 heavy (non-hydrogen) atoms. The van der Waals surface area contributed by atoms with E-state index >= 15 is 0 Å². The van der Waals surface area contributed by atoms with Crippen molar-refractivity contribution in [1.29, 1.82) is 0 Å². The molecule has 0 spiro atoms. The molecule has 0 saturated heterocycles. The summed E-state index contributed by atoms with van der Waals surface area (Å²) in [7, 11) is 0.787. The number of carbonyl (C=O) groups excluding carboxylic acids is 1. The van der Waals surface area contributed by atoms with E-state index in [1.54, 1.807) is 0 Å². The van der Waals surface area contributed by atoms with Crippen molar-refractivity contribution in [2.24, 2.45) is 5.92 Å². The molecule has 1 N–H and O–H groups in total. The molecule has 1 aromatic carbocycles. The highest BCUT2D eigenvalue weighted by molar-refractivity contribution is 8.14. The molecule has 9 heteroatoms. The smallest absolute Gasteiger partial charge is 0.264 e. The second-order valence-electron chi connectivity index (χ2n) is 4.45. The van der Waals surface area contributed by atoms with Crippen molar-refractivity contribution in [2.45, 2.75) is 17.7 Å². The first-order valence-electron chi connectivity index (χ1n) is 5.62. The lowest BCUT2D eigenvalue weighted by Crippen LogP contribution is -2.26. The van der Waals surface area contributed by atoms with Crippen molar-refractivity contribution in [3.63, 3.8) is 0 Å². The summed E-state index contributed by atoms with van der Waals surface area (Å²) in [4.78, 5) is 11.1. The van der Waals surface area contributed by atoms with Gasteiger partial charge in [0, 0.05) is 17.2 Å². The van der Waals surface area contributed by atoms with Crippen LogP contribution >= 0.6 is 33.9 Å². The molecule has 1 aliphatic carbocycles. The average molecular weight is 361 g/mol. The number of rotatable bonds is 4. The Morgan fingerprint density at radius 2 is 1.95 bits per heavy atom. The molecule has 1 fully saturated rings. The van der Waals surface area contributed by atoms with E-state index in [4.69, 9.17) is 33.9 Å². The van der Waals surface area contributed by atoms with Gasteiger partial charge in [-0.15, -0.1) is 0 Å². The molecule has 0 bridgehead atoms. The van der Waals surface area contributed by atoms with E-state index in [1.165, 1.54) is 0 Å². The molecule has 1 saturated carbocycles. The molecule has 1 amide bonds. The summed E-state index contributed by atoms with van der Waals surface area (Å²) in [5, 5.41) is 1.34. The molecule has 0 aliphatic heterocycles. The minimum Gasteiger partial charge on any atom is -0.352 e. The van der Waals surface area contributed by atoms with Crippen LogP contribution in [0, 0.1) is 11.7 Å². The zero-order valence-corrected chi connectivity index (χ0v) is 13.0. The maximum Gasteiger partial charge on any atom is 0.264 e. The second-order valence-corrected chi connectivity index (χ2v) is 7.71. The SMILES string of the molecule is O=C(NCC1CC1)c1cc(F)c(Cl)c(S(=O)(=O)Cl)c1Cl. The number of benzene rings is 1. The quantitative estimate of drug-likeness (QED) is 0.662. The minimum atomic E-state index is -4.37. The van der Waals surface area contributed by atoms with Gasteiger partial charge in [0.2, 0.25) is 0 Å². The van der Waals surface area contributed by atoms with E-state index in [0.29, 0.717) is 12.5 Å². The molecular formula is C11H9Cl3FNO3S. The van der Waals surface area contributed by atoms with Crippen LogP contribution in [-0.2, 0) is 9.05 Å². The fraction of sp³-hybridized carbons (Fsp3) is 0.364. The highest BCUT2D eigenvalue weighted by Crippen LogP contribution is 2.36. The van der Waals surface area contributed by atoms with Crippen molar-refractivity contribution in [3.05, 3.63) is 27.5 Å². The predicted molar refractivity (Wildman–Crippen MR) is 74.5 cm³/mol. The molecule has 0 unspecified atom stereocenters. The second kappa shape index (κ2) is 5.67. The Bertz CT molecular complexity index is 674. The topological polar surface area (TPSA) is 63.2 Å². The van der Waals surface area contributed by atoms with E-state index in [9.17, 15) is 17.6 Å². The van der Waals surface area contributed by atoms with Gasteiger partial charge in [0.1, 0.15) is 10.7 Å². The highest BCUT2D eigenvalue weighted by Gasteiger charge is 2.28. The number of halogens is 4. The summed E-state index contributed by atoms with van der Waals surface area (Å²) in [6.07, 6.45) is 2.04. The van der Waals surface area contributed by atoms with Crippen LogP contribution in [0.1, 0.15) is 23.2 Å². The normalized spacial score (nSPS) is 15.2. The Labute approximate surface area is 129 Å². The standard InChI is InChI=1S/C11H9Cl3FNO3S/c12-8-6(11(17)16-4-5-1-2-5)3-7(15)9(13)10(8)20(14,18)19/h3,5H,1-2,4H2,(H,16,17). The Hall–Kier alpha value is -0.560. The van der Waals surface area contributed by atoms with Gasteiger partial charge in [-0.2, -0.15) is 0 Å². The van der Waals surface area contributed by atoms with Crippen molar-refractivity contribution in [3.8, 4) is 0 Å². The van der Waals surface area contributed by atoms with Gasteiger partial charge in [-0.1, -0.05) is 23.2 Å². The van der Waals surface area contributed by atoms with Gasteiger partial charge in [-0.25, -0.2) is 12.8 Å². The van der Waals surface area contributed by atoms with Crippen LogP contribution in [0.3, 0.4) is 0 Å². The van der Waals surface area contributed by atoms with E-state index < -0.39 is 35.7 Å². The Morgan fingerprint density at radius 1 is 1.35 bits per heavy atom. The van der Waals surface area contributed by atoms with Crippen LogP contribution in [-0.4, -0.2) is 20.9 Å². The molecule has 0 aromatic heterocycles. The molecule has 0 heterocycles. The van der Waals surface area contributed by atoms with Crippen LogP contribution in [0.4, 0.5) is 4.39 Å². The Kier molecular flexibility index (Phi) is 4.49.